The number of hydrogen-bond donors (Lipinski definition) is 2. The molecule has 0 aliphatic carbocycles. The van der Waals surface area contributed by atoms with Crippen molar-refractivity contribution in [1.29, 1.82) is 0 Å². The molecular formula is C16H17NO4. The zero-order chi connectivity index (χ0) is 15.1. The van der Waals surface area contributed by atoms with Crippen LogP contribution in [0.2, 0.25) is 0 Å². The summed E-state index contributed by atoms with van der Waals surface area (Å²) in [5.41, 5.74) is 6.21. The van der Waals surface area contributed by atoms with Crippen LogP contribution in [0.25, 0.3) is 0 Å². The second-order valence-corrected chi connectivity index (χ2v) is 4.42. The molecular weight excluding hydrogens is 270 g/mol. The highest BCUT2D eigenvalue weighted by molar-refractivity contribution is 5.91. The molecule has 2 aromatic carbocycles. The molecule has 0 aliphatic heterocycles. The maximum atomic E-state index is 11.1. The average Bonchev–Trinajstić information content (AvgIpc) is 2.48. The predicted octanol–water partition coefficient (Wildman–Crippen LogP) is 2.81. The van der Waals surface area contributed by atoms with Gasteiger partial charge in [-0.25, -0.2) is 4.79 Å². The third kappa shape index (κ3) is 4.42. The minimum Gasteiger partial charge on any atom is -0.493 e. The van der Waals surface area contributed by atoms with Gasteiger partial charge in [-0.1, -0.05) is 18.2 Å². The molecule has 0 atom stereocenters. The summed E-state index contributed by atoms with van der Waals surface area (Å²) in [6.45, 7) is 0.852. The molecule has 0 saturated carbocycles. The maximum absolute atomic E-state index is 11.1. The molecule has 5 nitrogen and oxygen atoms in total. The van der Waals surface area contributed by atoms with E-state index < -0.39 is 5.97 Å². The van der Waals surface area contributed by atoms with Gasteiger partial charge in [0.05, 0.1) is 13.2 Å². The molecule has 21 heavy (non-hydrogen) atoms. The number of anilines is 1. The number of ether oxygens (including phenoxy) is 2. The molecule has 0 amide bonds. The third-order valence-corrected chi connectivity index (χ3v) is 2.79. The molecule has 2 rings (SSSR count). The normalized spacial score (nSPS) is 10.1. The van der Waals surface area contributed by atoms with E-state index >= 15 is 0 Å². The van der Waals surface area contributed by atoms with Gasteiger partial charge in [0.2, 0.25) is 0 Å². The molecule has 3 N–H and O–H groups in total. The number of carboxylic acids is 1. The number of carbonyl (C=O) groups is 1. The molecule has 0 bridgehead atoms. The van der Waals surface area contributed by atoms with Crippen LogP contribution in [-0.4, -0.2) is 24.3 Å². The Hall–Kier alpha value is -2.69. The molecule has 0 saturated heterocycles. The van der Waals surface area contributed by atoms with Crippen LogP contribution in [-0.2, 0) is 0 Å². The minimum absolute atomic E-state index is 0.105. The molecule has 0 fully saturated rings. The van der Waals surface area contributed by atoms with E-state index in [4.69, 9.17) is 20.3 Å². The van der Waals surface area contributed by atoms with Gasteiger partial charge in [0.15, 0.2) is 0 Å². The van der Waals surface area contributed by atoms with Crippen molar-refractivity contribution in [3.63, 3.8) is 0 Å². The van der Waals surface area contributed by atoms with E-state index in [1.54, 1.807) is 0 Å². The predicted molar refractivity (Wildman–Crippen MR) is 79.9 cm³/mol. The standard InChI is InChI=1S/C16H17NO4/c17-12-7-8-14(16(18)19)15(11-12)21-10-4-9-20-13-5-2-1-3-6-13/h1-3,5-8,11H,4,9-10,17H2,(H,18,19). The second-order valence-electron chi connectivity index (χ2n) is 4.42. The van der Waals surface area contributed by atoms with Gasteiger partial charge < -0.3 is 20.3 Å². The largest absolute Gasteiger partial charge is 0.493 e. The lowest BCUT2D eigenvalue weighted by atomic mass is 10.2. The Morgan fingerprint density at radius 3 is 2.48 bits per heavy atom. The van der Waals surface area contributed by atoms with Gasteiger partial charge in [-0.3, -0.25) is 0 Å². The van der Waals surface area contributed by atoms with Gasteiger partial charge in [0, 0.05) is 18.2 Å². The Morgan fingerprint density at radius 2 is 1.76 bits per heavy atom. The smallest absolute Gasteiger partial charge is 0.339 e. The number of benzene rings is 2. The summed E-state index contributed by atoms with van der Waals surface area (Å²) in [4.78, 5) is 11.1. The van der Waals surface area contributed by atoms with Gasteiger partial charge >= 0.3 is 5.97 Å². The fraction of sp³-hybridized carbons (Fsp3) is 0.188. The molecule has 5 heteroatoms. The van der Waals surface area contributed by atoms with E-state index in [9.17, 15) is 4.79 Å². The van der Waals surface area contributed by atoms with E-state index in [0.29, 0.717) is 25.3 Å². The Kier molecular flexibility index (Phi) is 5.04. The van der Waals surface area contributed by atoms with Crippen LogP contribution in [0.1, 0.15) is 16.8 Å². The highest BCUT2D eigenvalue weighted by atomic mass is 16.5. The Labute approximate surface area is 122 Å². The summed E-state index contributed by atoms with van der Waals surface area (Å²) >= 11 is 0. The second kappa shape index (κ2) is 7.19. The number of hydrogen-bond acceptors (Lipinski definition) is 4. The van der Waals surface area contributed by atoms with Crippen molar-refractivity contribution in [3.05, 3.63) is 54.1 Å². The SMILES string of the molecule is Nc1ccc(C(=O)O)c(OCCCOc2ccccc2)c1. The molecule has 0 radical (unpaired) electrons. The molecule has 0 aromatic heterocycles. The first-order valence-electron chi connectivity index (χ1n) is 6.60. The molecule has 110 valence electrons. The summed E-state index contributed by atoms with van der Waals surface area (Å²) in [6.07, 6.45) is 0.642. The third-order valence-electron chi connectivity index (χ3n) is 2.79. The monoisotopic (exact) mass is 287 g/mol. The number of para-hydroxylation sites is 1. The van der Waals surface area contributed by atoms with Crippen LogP contribution in [0.15, 0.2) is 48.5 Å². The lowest BCUT2D eigenvalue weighted by Crippen LogP contribution is -2.08. The first-order valence-corrected chi connectivity index (χ1v) is 6.60. The lowest BCUT2D eigenvalue weighted by Gasteiger charge is -2.10. The number of rotatable bonds is 7. The van der Waals surface area contributed by atoms with Crippen LogP contribution in [0.3, 0.4) is 0 Å². The zero-order valence-corrected chi connectivity index (χ0v) is 11.5. The van der Waals surface area contributed by atoms with E-state index in [1.807, 2.05) is 30.3 Å². The molecule has 0 unspecified atom stereocenters. The van der Waals surface area contributed by atoms with Crippen molar-refractivity contribution in [3.8, 4) is 11.5 Å². The van der Waals surface area contributed by atoms with Gasteiger partial charge in [-0.05, 0) is 24.3 Å². The van der Waals surface area contributed by atoms with Crippen molar-refractivity contribution in [2.75, 3.05) is 18.9 Å². The van der Waals surface area contributed by atoms with Gasteiger partial charge in [0.25, 0.3) is 0 Å². The van der Waals surface area contributed by atoms with Crippen molar-refractivity contribution >= 4 is 11.7 Å². The van der Waals surface area contributed by atoms with Crippen LogP contribution < -0.4 is 15.2 Å². The summed E-state index contributed by atoms with van der Waals surface area (Å²) in [5.74, 6) is 0.0421. The Bertz CT molecular complexity index is 598. The fourth-order valence-electron chi connectivity index (χ4n) is 1.78. The van der Waals surface area contributed by atoms with Crippen molar-refractivity contribution in [2.45, 2.75) is 6.42 Å². The van der Waals surface area contributed by atoms with Gasteiger partial charge in [0.1, 0.15) is 17.1 Å². The first kappa shape index (κ1) is 14.7. The molecule has 2 aromatic rings. The van der Waals surface area contributed by atoms with Gasteiger partial charge in [-0.2, -0.15) is 0 Å². The summed E-state index contributed by atoms with van der Waals surface area (Å²) < 4.78 is 11.0. The van der Waals surface area contributed by atoms with Crippen molar-refractivity contribution in [1.82, 2.24) is 0 Å². The number of nitrogens with two attached hydrogens (primary N) is 1. The number of carboxylic acid groups (broad SMARTS) is 1. The number of aromatic carboxylic acids is 1. The molecule has 0 aliphatic rings. The summed E-state index contributed by atoms with van der Waals surface area (Å²) in [6, 6.07) is 14.0. The maximum Gasteiger partial charge on any atom is 0.339 e. The van der Waals surface area contributed by atoms with Crippen LogP contribution in [0.5, 0.6) is 11.5 Å². The molecule has 0 spiro atoms. The first-order chi connectivity index (χ1) is 10.2. The van der Waals surface area contributed by atoms with Crippen LogP contribution in [0, 0.1) is 0 Å². The Balaban J connectivity index is 1.81. The van der Waals surface area contributed by atoms with E-state index in [0.717, 1.165) is 5.75 Å². The fourth-order valence-corrected chi connectivity index (χ4v) is 1.78. The van der Waals surface area contributed by atoms with Crippen LogP contribution >= 0.6 is 0 Å². The van der Waals surface area contributed by atoms with Crippen molar-refractivity contribution < 1.29 is 19.4 Å². The highest BCUT2D eigenvalue weighted by Gasteiger charge is 2.11. The van der Waals surface area contributed by atoms with E-state index in [1.165, 1.54) is 18.2 Å². The summed E-state index contributed by atoms with van der Waals surface area (Å²) in [7, 11) is 0. The number of nitrogen functional groups attached to an aromatic ring is 1. The zero-order valence-electron chi connectivity index (χ0n) is 11.5. The van der Waals surface area contributed by atoms with Crippen LogP contribution in [0.4, 0.5) is 5.69 Å². The van der Waals surface area contributed by atoms with E-state index in [-0.39, 0.29) is 11.3 Å². The van der Waals surface area contributed by atoms with Crippen molar-refractivity contribution in [2.24, 2.45) is 0 Å². The summed E-state index contributed by atoms with van der Waals surface area (Å²) in [5, 5.41) is 9.06. The topological polar surface area (TPSA) is 81.8 Å². The Morgan fingerprint density at radius 1 is 1.05 bits per heavy atom. The minimum atomic E-state index is -1.04. The van der Waals surface area contributed by atoms with E-state index in [2.05, 4.69) is 0 Å². The van der Waals surface area contributed by atoms with Gasteiger partial charge in [-0.15, -0.1) is 0 Å². The lowest BCUT2D eigenvalue weighted by molar-refractivity contribution is 0.0692. The average molecular weight is 287 g/mol. The molecule has 0 heterocycles. The quantitative estimate of drug-likeness (QED) is 0.604. The highest BCUT2D eigenvalue weighted by Crippen LogP contribution is 2.22.